The molecule has 7 heteroatoms. The molecule has 7 nitrogen and oxygen atoms in total. The number of methoxy groups -OCH3 is 1. The fraction of sp³-hybridized carbons (Fsp3) is 0.474. The van der Waals surface area contributed by atoms with Gasteiger partial charge < -0.3 is 19.5 Å². The molecule has 0 saturated carbocycles. The van der Waals surface area contributed by atoms with E-state index in [9.17, 15) is 14.7 Å². The number of rotatable bonds is 1. The van der Waals surface area contributed by atoms with Gasteiger partial charge in [-0.3, -0.25) is 9.69 Å². The molecule has 0 aromatic heterocycles. The Hall–Kier alpha value is -2.70. The van der Waals surface area contributed by atoms with Crippen LogP contribution in [0.1, 0.15) is 37.6 Å². The van der Waals surface area contributed by atoms with Gasteiger partial charge >= 0.3 is 6.09 Å². The quantitative estimate of drug-likeness (QED) is 0.779. The van der Waals surface area contributed by atoms with Crippen LogP contribution in [-0.2, 0) is 4.74 Å². The number of phenolic OH excluding ortho intramolecular Hbond substituents is 1. The first-order valence-electron chi connectivity index (χ1n) is 8.50. The Labute approximate surface area is 152 Å². The van der Waals surface area contributed by atoms with Gasteiger partial charge in [0.1, 0.15) is 5.60 Å². The van der Waals surface area contributed by atoms with E-state index >= 15 is 0 Å². The number of hydrogen-bond donors (Lipinski definition) is 1. The van der Waals surface area contributed by atoms with Crippen LogP contribution in [0.15, 0.2) is 24.3 Å². The van der Waals surface area contributed by atoms with Crippen LogP contribution in [-0.4, -0.2) is 53.8 Å². The summed E-state index contributed by atoms with van der Waals surface area (Å²) in [4.78, 5) is 29.0. The van der Waals surface area contributed by atoms with Crippen LogP contribution in [0.5, 0.6) is 11.5 Å². The number of aromatic hydroxyl groups is 1. The van der Waals surface area contributed by atoms with E-state index in [0.717, 1.165) is 5.57 Å². The van der Waals surface area contributed by atoms with Gasteiger partial charge in [0.05, 0.1) is 30.9 Å². The van der Waals surface area contributed by atoms with Crippen molar-refractivity contribution in [2.45, 2.75) is 38.8 Å². The second kappa shape index (κ2) is 6.23. The summed E-state index contributed by atoms with van der Waals surface area (Å²) >= 11 is 0. The Bertz CT molecular complexity index is 781. The van der Waals surface area contributed by atoms with Crippen LogP contribution in [0, 0.1) is 0 Å². The van der Waals surface area contributed by atoms with Gasteiger partial charge in [-0.2, -0.15) is 0 Å². The highest BCUT2D eigenvalue weighted by molar-refractivity contribution is 6.06. The molecule has 0 spiro atoms. The van der Waals surface area contributed by atoms with Crippen molar-refractivity contribution in [3.8, 4) is 11.5 Å². The Kier molecular flexibility index (Phi) is 4.34. The van der Waals surface area contributed by atoms with E-state index in [0.29, 0.717) is 24.2 Å². The predicted molar refractivity (Wildman–Crippen MR) is 96.8 cm³/mol. The molecular weight excluding hydrogens is 336 g/mol. The minimum atomic E-state index is -0.680. The van der Waals surface area contributed by atoms with E-state index in [1.807, 2.05) is 0 Å². The first-order chi connectivity index (χ1) is 12.1. The van der Waals surface area contributed by atoms with Crippen LogP contribution < -0.4 is 9.64 Å². The van der Waals surface area contributed by atoms with Gasteiger partial charge in [-0.25, -0.2) is 4.79 Å². The number of carbonyl (C=O) groups excluding carboxylic acids is 2. The van der Waals surface area contributed by atoms with Crippen molar-refractivity contribution < 1.29 is 24.2 Å². The van der Waals surface area contributed by atoms with E-state index in [-0.39, 0.29) is 30.0 Å². The van der Waals surface area contributed by atoms with Gasteiger partial charge in [-0.15, -0.1) is 0 Å². The standard InChI is InChI=1S/C19H24N2O5/c1-11-6-12-10-21(18(24)26-19(2,3)4)14-8-15(22)16(25-5)7-13(14)17(23)20(12)9-11/h7-8,12,22H,1,6,9-10H2,2-5H3. The lowest BCUT2D eigenvalue weighted by molar-refractivity contribution is 0.0567. The van der Waals surface area contributed by atoms with E-state index in [1.54, 1.807) is 25.7 Å². The number of anilines is 1. The van der Waals surface area contributed by atoms with Crippen molar-refractivity contribution in [1.82, 2.24) is 4.90 Å². The number of nitrogens with zero attached hydrogens (tertiary/aromatic N) is 2. The Balaban J connectivity index is 2.11. The molecule has 3 rings (SSSR count). The highest BCUT2D eigenvalue weighted by Crippen LogP contribution is 2.39. The lowest BCUT2D eigenvalue weighted by Gasteiger charge is -2.29. The molecule has 1 unspecified atom stereocenters. The summed E-state index contributed by atoms with van der Waals surface area (Å²) in [7, 11) is 1.41. The summed E-state index contributed by atoms with van der Waals surface area (Å²) in [6.07, 6.45) is 0.0674. The number of ether oxygens (including phenoxy) is 2. The molecule has 1 saturated heterocycles. The number of phenols is 1. The highest BCUT2D eigenvalue weighted by Gasteiger charge is 2.41. The van der Waals surface area contributed by atoms with Crippen molar-refractivity contribution in [3.63, 3.8) is 0 Å². The summed E-state index contributed by atoms with van der Waals surface area (Å²) < 4.78 is 10.7. The summed E-state index contributed by atoms with van der Waals surface area (Å²) in [5.41, 5.74) is 0.882. The molecule has 1 N–H and O–H groups in total. The first-order valence-corrected chi connectivity index (χ1v) is 8.50. The van der Waals surface area contributed by atoms with Crippen molar-refractivity contribution in [3.05, 3.63) is 29.8 Å². The van der Waals surface area contributed by atoms with E-state index in [4.69, 9.17) is 9.47 Å². The molecule has 0 bridgehead atoms. The minimum absolute atomic E-state index is 0.140. The molecule has 2 amide bonds. The van der Waals surface area contributed by atoms with Gasteiger partial charge in [0.2, 0.25) is 0 Å². The Morgan fingerprint density at radius 3 is 2.65 bits per heavy atom. The van der Waals surface area contributed by atoms with E-state index in [1.165, 1.54) is 24.1 Å². The lowest BCUT2D eigenvalue weighted by atomic mass is 10.1. The summed E-state index contributed by atoms with van der Waals surface area (Å²) in [5, 5.41) is 10.2. The zero-order valence-electron chi connectivity index (χ0n) is 15.5. The van der Waals surface area contributed by atoms with Gasteiger partial charge in [-0.05, 0) is 33.3 Å². The number of carbonyl (C=O) groups is 2. The zero-order chi connectivity index (χ0) is 19.2. The normalized spacial score (nSPS) is 19.8. The summed E-state index contributed by atoms with van der Waals surface area (Å²) in [6.45, 7) is 10.1. The molecule has 2 heterocycles. The maximum absolute atomic E-state index is 13.1. The molecular formula is C19H24N2O5. The maximum atomic E-state index is 13.1. The third-order valence-electron chi connectivity index (χ3n) is 4.45. The van der Waals surface area contributed by atoms with Crippen molar-refractivity contribution in [1.29, 1.82) is 0 Å². The Morgan fingerprint density at radius 2 is 2.04 bits per heavy atom. The molecule has 1 aromatic carbocycles. The largest absolute Gasteiger partial charge is 0.504 e. The lowest BCUT2D eigenvalue weighted by Crippen LogP contribution is -2.43. The van der Waals surface area contributed by atoms with Crippen molar-refractivity contribution >= 4 is 17.7 Å². The second-order valence-corrected chi connectivity index (χ2v) is 7.67. The molecule has 2 aliphatic heterocycles. The van der Waals surface area contributed by atoms with Gasteiger partial charge in [0.15, 0.2) is 11.5 Å². The monoisotopic (exact) mass is 360 g/mol. The second-order valence-electron chi connectivity index (χ2n) is 7.67. The average Bonchev–Trinajstić information content (AvgIpc) is 2.86. The van der Waals surface area contributed by atoms with Crippen LogP contribution >= 0.6 is 0 Å². The number of benzene rings is 1. The first kappa shape index (κ1) is 18.1. The molecule has 26 heavy (non-hydrogen) atoms. The third-order valence-corrected chi connectivity index (χ3v) is 4.45. The van der Waals surface area contributed by atoms with E-state index in [2.05, 4.69) is 6.58 Å². The number of amides is 2. The zero-order valence-corrected chi connectivity index (χ0v) is 15.5. The summed E-state index contributed by atoms with van der Waals surface area (Å²) in [5.74, 6) is -0.176. The van der Waals surface area contributed by atoms with Crippen LogP contribution in [0.25, 0.3) is 0 Å². The molecule has 0 radical (unpaired) electrons. The van der Waals surface area contributed by atoms with Crippen LogP contribution in [0.2, 0.25) is 0 Å². The highest BCUT2D eigenvalue weighted by atomic mass is 16.6. The van der Waals surface area contributed by atoms with E-state index < -0.39 is 11.7 Å². The molecule has 0 aliphatic carbocycles. The Morgan fingerprint density at radius 1 is 1.35 bits per heavy atom. The number of fused-ring (bicyclic) bond motifs is 2. The van der Waals surface area contributed by atoms with Gasteiger partial charge in [0, 0.05) is 12.6 Å². The van der Waals surface area contributed by atoms with Crippen LogP contribution in [0.4, 0.5) is 10.5 Å². The smallest absolute Gasteiger partial charge is 0.414 e. The van der Waals surface area contributed by atoms with Gasteiger partial charge in [0.25, 0.3) is 5.91 Å². The third kappa shape index (κ3) is 3.21. The van der Waals surface area contributed by atoms with Gasteiger partial charge in [-0.1, -0.05) is 12.2 Å². The summed E-state index contributed by atoms with van der Waals surface area (Å²) in [6, 6.07) is 2.67. The molecule has 1 fully saturated rings. The predicted octanol–water partition coefficient (Wildman–Crippen LogP) is 2.93. The SMILES string of the molecule is C=C1CC2CN(C(=O)OC(C)(C)C)c3cc(O)c(OC)cc3C(=O)N2C1. The fourth-order valence-corrected chi connectivity index (χ4v) is 3.35. The average molecular weight is 360 g/mol. The van der Waals surface area contributed by atoms with Crippen LogP contribution in [0.3, 0.4) is 0 Å². The molecule has 2 aliphatic rings. The topological polar surface area (TPSA) is 79.3 Å². The maximum Gasteiger partial charge on any atom is 0.414 e. The minimum Gasteiger partial charge on any atom is -0.504 e. The fourth-order valence-electron chi connectivity index (χ4n) is 3.35. The molecule has 1 atom stereocenters. The molecule has 140 valence electrons. The molecule has 1 aromatic rings. The van der Waals surface area contributed by atoms with Crippen molar-refractivity contribution in [2.75, 3.05) is 25.1 Å². The van der Waals surface area contributed by atoms with Crippen molar-refractivity contribution in [2.24, 2.45) is 0 Å². The number of hydrogen-bond acceptors (Lipinski definition) is 5.